The van der Waals surface area contributed by atoms with Crippen molar-refractivity contribution < 1.29 is 8.42 Å². The summed E-state index contributed by atoms with van der Waals surface area (Å²) in [6, 6.07) is 0.0971. The molecule has 1 fully saturated rings. The van der Waals surface area contributed by atoms with Crippen molar-refractivity contribution in [3.63, 3.8) is 0 Å². The van der Waals surface area contributed by atoms with Gasteiger partial charge in [-0.1, -0.05) is 0 Å². The molecule has 1 heterocycles. The van der Waals surface area contributed by atoms with E-state index in [9.17, 15) is 8.42 Å². The SMILES string of the molecule is CC1CN(C(C)C)S(=O)(=O)N1. The minimum absolute atomic E-state index is 0.0439. The maximum Gasteiger partial charge on any atom is 0.280 e. The van der Waals surface area contributed by atoms with Crippen LogP contribution in [0.15, 0.2) is 0 Å². The Hall–Kier alpha value is -0.130. The van der Waals surface area contributed by atoms with E-state index in [1.165, 1.54) is 4.31 Å². The lowest BCUT2D eigenvalue weighted by Crippen LogP contribution is -2.34. The molecule has 0 aliphatic carbocycles. The smallest absolute Gasteiger partial charge is 0.198 e. The Morgan fingerprint density at radius 1 is 1.55 bits per heavy atom. The molecule has 1 aliphatic heterocycles. The van der Waals surface area contributed by atoms with Crippen LogP contribution in [-0.4, -0.2) is 31.4 Å². The summed E-state index contributed by atoms with van der Waals surface area (Å²) in [5.74, 6) is 0. The van der Waals surface area contributed by atoms with Gasteiger partial charge in [0.25, 0.3) is 10.2 Å². The third-order valence-corrected chi connectivity index (χ3v) is 3.58. The first-order valence-electron chi connectivity index (χ1n) is 3.72. The second kappa shape index (κ2) is 2.73. The van der Waals surface area contributed by atoms with E-state index in [0.717, 1.165) is 0 Å². The molecule has 1 unspecified atom stereocenters. The van der Waals surface area contributed by atoms with Crippen molar-refractivity contribution in [3.8, 4) is 0 Å². The van der Waals surface area contributed by atoms with Gasteiger partial charge < -0.3 is 0 Å². The largest absolute Gasteiger partial charge is 0.280 e. The molecule has 1 atom stereocenters. The monoisotopic (exact) mass is 178 g/mol. The molecule has 66 valence electrons. The van der Waals surface area contributed by atoms with Gasteiger partial charge in [-0.15, -0.1) is 0 Å². The van der Waals surface area contributed by atoms with Crippen LogP contribution in [0.5, 0.6) is 0 Å². The highest BCUT2D eigenvalue weighted by Crippen LogP contribution is 2.12. The van der Waals surface area contributed by atoms with E-state index in [1.54, 1.807) is 0 Å². The Morgan fingerprint density at radius 3 is 2.27 bits per heavy atom. The van der Waals surface area contributed by atoms with Gasteiger partial charge >= 0.3 is 0 Å². The van der Waals surface area contributed by atoms with E-state index in [4.69, 9.17) is 0 Å². The molecular formula is C6H14N2O2S. The summed E-state index contributed by atoms with van der Waals surface area (Å²) < 4.78 is 26.4. The average molecular weight is 178 g/mol. The van der Waals surface area contributed by atoms with E-state index in [-0.39, 0.29) is 12.1 Å². The zero-order valence-corrected chi connectivity index (χ0v) is 7.85. The van der Waals surface area contributed by atoms with Crippen LogP contribution in [-0.2, 0) is 10.2 Å². The standard InChI is InChI=1S/C6H14N2O2S/c1-5(2)8-4-6(3)7-11(8,9)10/h5-7H,4H2,1-3H3. The summed E-state index contributed by atoms with van der Waals surface area (Å²) in [5.41, 5.74) is 0. The molecule has 1 aliphatic rings. The van der Waals surface area contributed by atoms with Crippen molar-refractivity contribution in [2.75, 3.05) is 6.54 Å². The lowest BCUT2D eigenvalue weighted by Gasteiger charge is -2.16. The van der Waals surface area contributed by atoms with Crippen LogP contribution < -0.4 is 4.72 Å². The lowest BCUT2D eigenvalue weighted by atomic mass is 10.3. The summed E-state index contributed by atoms with van der Waals surface area (Å²) in [6.45, 7) is 6.19. The van der Waals surface area contributed by atoms with Crippen LogP contribution in [0, 0.1) is 0 Å². The summed E-state index contributed by atoms with van der Waals surface area (Å²) in [6.07, 6.45) is 0. The summed E-state index contributed by atoms with van der Waals surface area (Å²) >= 11 is 0. The highest BCUT2D eigenvalue weighted by Gasteiger charge is 2.34. The Kier molecular flexibility index (Phi) is 2.22. The van der Waals surface area contributed by atoms with E-state index >= 15 is 0 Å². The van der Waals surface area contributed by atoms with Gasteiger partial charge in [-0.2, -0.15) is 17.4 Å². The molecule has 0 aromatic rings. The Labute approximate surface area is 67.8 Å². The summed E-state index contributed by atoms with van der Waals surface area (Å²) in [7, 11) is -3.15. The van der Waals surface area contributed by atoms with E-state index in [0.29, 0.717) is 6.54 Å². The van der Waals surface area contributed by atoms with Crippen molar-refractivity contribution >= 4 is 10.2 Å². The lowest BCUT2D eigenvalue weighted by molar-refractivity contribution is 0.372. The molecule has 0 spiro atoms. The molecule has 0 radical (unpaired) electrons. The number of hydrogen-bond acceptors (Lipinski definition) is 2. The number of nitrogens with zero attached hydrogens (tertiary/aromatic N) is 1. The molecule has 11 heavy (non-hydrogen) atoms. The highest BCUT2D eigenvalue weighted by atomic mass is 32.2. The minimum Gasteiger partial charge on any atom is -0.198 e. The second-order valence-corrected chi connectivity index (χ2v) is 4.84. The topological polar surface area (TPSA) is 49.4 Å². The van der Waals surface area contributed by atoms with Gasteiger partial charge in [0.2, 0.25) is 0 Å². The third-order valence-electron chi connectivity index (χ3n) is 1.69. The predicted molar refractivity (Wildman–Crippen MR) is 43.4 cm³/mol. The maximum absolute atomic E-state index is 11.2. The fraction of sp³-hybridized carbons (Fsp3) is 1.00. The molecule has 0 saturated carbocycles. The number of rotatable bonds is 1. The third kappa shape index (κ3) is 1.72. The van der Waals surface area contributed by atoms with Crippen LogP contribution >= 0.6 is 0 Å². The predicted octanol–water partition coefficient (Wildman–Crippen LogP) is -0.0667. The van der Waals surface area contributed by atoms with Crippen molar-refractivity contribution in [2.45, 2.75) is 32.9 Å². The van der Waals surface area contributed by atoms with Gasteiger partial charge in [0.15, 0.2) is 0 Å². The molecule has 0 aromatic heterocycles. The molecule has 1 N–H and O–H groups in total. The molecule has 4 nitrogen and oxygen atoms in total. The van der Waals surface area contributed by atoms with Crippen LogP contribution in [0.25, 0.3) is 0 Å². The van der Waals surface area contributed by atoms with Gasteiger partial charge in [0.1, 0.15) is 0 Å². The quantitative estimate of drug-likeness (QED) is 0.611. The van der Waals surface area contributed by atoms with E-state index in [2.05, 4.69) is 4.72 Å². The van der Waals surface area contributed by atoms with Crippen molar-refractivity contribution in [1.29, 1.82) is 0 Å². The molecule has 0 bridgehead atoms. The Balaban J connectivity index is 2.83. The minimum atomic E-state index is -3.15. The molecule has 0 aromatic carbocycles. The number of hydrogen-bond donors (Lipinski definition) is 1. The van der Waals surface area contributed by atoms with E-state index < -0.39 is 10.2 Å². The highest BCUT2D eigenvalue weighted by molar-refractivity contribution is 7.87. The molecule has 0 amide bonds. The van der Waals surface area contributed by atoms with Crippen molar-refractivity contribution in [1.82, 2.24) is 9.03 Å². The van der Waals surface area contributed by atoms with Gasteiger partial charge in [-0.05, 0) is 20.8 Å². The summed E-state index contributed by atoms with van der Waals surface area (Å²) in [5, 5.41) is 0. The fourth-order valence-electron chi connectivity index (χ4n) is 1.22. The van der Waals surface area contributed by atoms with Crippen molar-refractivity contribution in [2.24, 2.45) is 0 Å². The van der Waals surface area contributed by atoms with E-state index in [1.807, 2.05) is 20.8 Å². The normalized spacial score (nSPS) is 31.5. The first-order chi connectivity index (χ1) is 4.93. The zero-order valence-electron chi connectivity index (χ0n) is 7.03. The van der Waals surface area contributed by atoms with Crippen molar-refractivity contribution in [3.05, 3.63) is 0 Å². The van der Waals surface area contributed by atoms with Gasteiger partial charge in [-0.3, -0.25) is 0 Å². The summed E-state index contributed by atoms with van der Waals surface area (Å²) in [4.78, 5) is 0. The van der Waals surface area contributed by atoms with Crippen LogP contribution in [0.2, 0.25) is 0 Å². The van der Waals surface area contributed by atoms with Crippen LogP contribution in [0.3, 0.4) is 0 Å². The average Bonchev–Trinajstić information content (AvgIpc) is 2.04. The maximum atomic E-state index is 11.2. The van der Waals surface area contributed by atoms with Gasteiger partial charge in [-0.25, -0.2) is 0 Å². The molecule has 1 saturated heterocycles. The first kappa shape index (κ1) is 8.96. The molecule has 1 rings (SSSR count). The number of nitrogens with one attached hydrogen (secondary N) is 1. The molecule has 5 heteroatoms. The second-order valence-electron chi connectivity index (χ2n) is 3.19. The fourth-order valence-corrected chi connectivity index (χ4v) is 2.91. The molecular weight excluding hydrogens is 164 g/mol. The van der Waals surface area contributed by atoms with Gasteiger partial charge in [0, 0.05) is 18.6 Å². The van der Waals surface area contributed by atoms with Gasteiger partial charge in [0.05, 0.1) is 0 Å². The first-order valence-corrected chi connectivity index (χ1v) is 5.16. The van der Waals surface area contributed by atoms with Crippen LogP contribution in [0.4, 0.5) is 0 Å². The zero-order chi connectivity index (χ0) is 8.65. The Bertz CT molecular complexity index is 235. The van der Waals surface area contributed by atoms with Crippen LogP contribution in [0.1, 0.15) is 20.8 Å². The Morgan fingerprint density at radius 2 is 2.09 bits per heavy atom.